The maximum Gasteiger partial charge on any atom is 0.299 e. The first-order valence-corrected chi connectivity index (χ1v) is 1.90. The summed E-state index contributed by atoms with van der Waals surface area (Å²) in [5.74, 6) is 0.250. The van der Waals surface area contributed by atoms with Crippen LogP contribution in [-0.4, -0.2) is 21.9 Å². The zero-order valence-corrected chi connectivity index (χ0v) is 3.87. The van der Waals surface area contributed by atoms with Crippen LogP contribution in [0.3, 0.4) is 0 Å². The molecule has 1 aromatic heterocycles. The minimum atomic E-state index is 0.250. The monoisotopic (exact) mass is 113 g/mol. The highest BCUT2D eigenvalue weighted by Crippen LogP contribution is 1.95. The van der Waals surface area contributed by atoms with Gasteiger partial charge in [0, 0.05) is 0 Å². The Bertz CT molecular complexity index is 159. The molecule has 0 saturated heterocycles. The van der Waals surface area contributed by atoms with E-state index >= 15 is 0 Å². The lowest BCUT2D eigenvalue weighted by atomic mass is 10.9. The molecule has 1 N–H and O–H groups in total. The van der Waals surface area contributed by atoms with Crippen LogP contribution < -0.4 is 4.74 Å². The van der Waals surface area contributed by atoms with Gasteiger partial charge in [0.2, 0.25) is 5.88 Å². The summed E-state index contributed by atoms with van der Waals surface area (Å²) in [6.45, 7) is 0.301. The number of nitrogens with zero attached hydrogens (tertiary/aromatic N) is 2. The first-order chi connectivity index (χ1) is 3.93. The predicted octanol–water partition coefficient (Wildman–Crippen LogP) is -0.660. The van der Waals surface area contributed by atoms with Gasteiger partial charge in [-0.1, -0.05) is 5.21 Å². The molecule has 0 spiro atoms. The van der Waals surface area contributed by atoms with Crippen molar-refractivity contribution in [3.63, 3.8) is 0 Å². The van der Waals surface area contributed by atoms with Crippen molar-refractivity contribution in [2.75, 3.05) is 0 Å². The molecule has 0 fully saturated rings. The molecule has 0 aromatic carbocycles. The van der Waals surface area contributed by atoms with Gasteiger partial charge in [-0.15, -0.1) is 5.10 Å². The van der Waals surface area contributed by atoms with Crippen molar-refractivity contribution in [3.05, 3.63) is 6.20 Å². The molecule has 0 atom stereocenters. The van der Waals surface area contributed by atoms with Crippen LogP contribution in [-0.2, 0) is 4.79 Å². The Kier molecular flexibility index (Phi) is 1.23. The first-order valence-electron chi connectivity index (χ1n) is 1.90. The Morgan fingerprint density at radius 3 is 3.25 bits per heavy atom. The molecule has 0 unspecified atom stereocenters. The van der Waals surface area contributed by atoms with Crippen molar-refractivity contribution in [1.29, 1.82) is 0 Å². The van der Waals surface area contributed by atoms with Crippen LogP contribution >= 0.6 is 0 Å². The smallest absolute Gasteiger partial charge is 0.299 e. The molecule has 1 aromatic rings. The summed E-state index contributed by atoms with van der Waals surface area (Å²) in [6, 6.07) is 0. The third kappa shape index (κ3) is 0.810. The third-order valence-electron chi connectivity index (χ3n) is 0.568. The fourth-order valence-electron chi connectivity index (χ4n) is 0.297. The standard InChI is InChI=1S/C3H3N3O2/c7-2-8-3-1-4-6-5-3/h1-2H,(H,4,5,6). The van der Waals surface area contributed by atoms with E-state index in [2.05, 4.69) is 20.1 Å². The normalized spacial score (nSPS) is 8.50. The Labute approximate surface area is 44.7 Å². The van der Waals surface area contributed by atoms with E-state index in [4.69, 9.17) is 0 Å². The highest BCUT2D eigenvalue weighted by Gasteiger charge is 1.88. The van der Waals surface area contributed by atoms with Gasteiger partial charge in [-0.25, -0.2) is 5.10 Å². The lowest BCUT2D eigenvalue weighted by Gasteiger charge is -1.82. The van der Waals surface area contributed by atoms with Gasteiger partial charge < -0.3 is 4.74 Å². The van der Waals surface area contributed by atoms with Crippen molar-refractivity contribution in [3.8, 4) is 5.88 Å². The maximum absolute atomic E-state index is 9.57. The second kappa shape index (κ2) is 2.06. The van der Waals surface area contributed by atoms with Crippen LogP contribution in [0.25, 0.3) is 0 Å². The number of H-pyrrole nitrogens is 1. The van der Waals surface area contributed by atoms with Crippen LogP contribution in [0, 0.1) is 0 Å². The fraction of sp³-hybridized carbons (Fsp3) is 0. The number of aromatic amines is 1. The molecule has 0 aliphatic rings. The number of rotatable bonds is 2. The van der Waals surface area contributed by atoms with Crippen LogP contribution in [0.5, 0.6) is 5.88 Å². The minimum absolute atomic E-state index is 0.250. The molecule has 0 aliphatic carbocycles. The van der Waals surface area contributed by atoms with Crippen molar-refractivity contribution >= 4 is 6.47 Å². The molecule has 5 nitrogen and oxygen atoms in total. The zero-order chi connectivity index (χ0) is 5.82. The Balaban J connectivity index is 2.62. The zero-order valence-electron chi connectivity index (χ0n) is 3.87. The van der Waals surface area contributed by atoms with E-state index in [1.54, 1.807) is 0 Å². The molecular weight excluding hydrogens is 110 g/mol. The SMILES string of the molecule is O=COc1cnn[nH]1. The van der Waals surface area contributed by atoms with E-state index in [0.29, 0.717) is 6.47 Å². The van der Waals surface area contributed by atoms with Crippen LogP contribution in [0.1, 0.15) is 0 Å². The van der Waals surface area contributed by atoms with Gasteiger partial charge in [0.05, 0.1) is 0 Å². The summed E-state index contributed by atoms with van der Waals surface area (Å²) in [4.78, 5) is 9.57. The Morgan fingerprint density at radius 1 is 1.88 bits per heavy atom. The number of hydrogen-bond acceptors (Lipinski definition) is 4. The quantitative estimate of drug-likeness (QED) is 0.517. The highest BCUT2D eigenvalue weighted by atomic mass is 16.5. The lowest BCUT2D eigenvalue weighted by Crippen LogP contribution is -1.87. The molecule has 5 heteroatoms. The Hall–Kier alpha value is -1.39. The molecule has 8 heavy (non-hydrogen) atoms. The third-order valence-corrected chi connectivity index (χ3v) is 0.568. The van der Waals surface area contributed by atoms with Gasteiger partial charge in [-0.05, 0) is 0 Å². The molecule has 0 radical (unpaired) electrons. The Morgan fingerprint density at radius 2 is 2.75 bits per heavy atom. The van der Waals surface area contributed by atoms with Gasteiger partial charge in [0.25, 0.3) is 6.47 Å². The van der Waals surface area contributed by atoms with Gasteiger partial charge >= 0.3 is 0 Å². The second-order valence-corrected chi connectivity index (χ2v) is 1.03. The summed E-state index contributed by atoms with van der Waals surface area (Å²) in [5, 5.41) is 8.96. The molecule has 0 aliphatic heterocycles. The van der Waals surface area contributed by atoms with Gasteiger partial charge in [-0.2, -0.15) is 0 Å². The molecule has 1 heterocycles. The highest BCUT2D eigenvalue weighted by molar-refractivity contribution is 5.41. The average Bonchev–Trinajstić information content (AvgIpc) is 2.19. The number of aromatic nitrogens is 3. The van der Waals surface area contributed by atoms with Crippen LogP contribution in [0.4, 0.5) is 0 Å². The van der Waals surface area contributed by atoms with E-state index in [0.717, 1.165) is 0 Å². The van der Waals surface area contributed by atoms with E-state index in [1.165, 1.54) is 6.20 Å². The van der Waals surface area contributed by atoms with Crippen molar-refractivity contribution in [2.45, 2.75) is 0 Å². The van der Waals surface area contributed by atoms with Crippen molar-refractivity contribution in [2.24, 2.45) is 0 Å². The van der Waals surface area contributed by atoms with Crippen LogP contribution in [0.15, 0.2) is 6.20 Å². The average molecular weight is 113 g/mol. The molecular formula is C3H3N3O2. The van der Waals surface area contributed by atoms with E-state index < -0.39 is 0 Å². The molecule has 0 saturated carbocycles. The number of carbonyl (C=O) groups is 1. The minimum Gasteiger partial charge on any atom is -0.408 e. The van der Waals surface area contributed by atoms with E-state index in [9.17, 15) is 4.79 Å². The molecule has 0 amide bonds. The van der Waals surface area contributed by atoms with Crippen molar-refractivity contribution < 1.29 is 9.53 Å². The van der Waals surface area contributed by atoms with Gasteiger partial charge in [-0.3, -0.25) is 4.79 Å². The number of carbonyl (C=O) groups excluding carboxylic acids is 1. The lowest BCUT2D eigenvalue weighted by molar-refractivity contribution is -0.120. The molecule has 0 bridgehead atoms. The fourth-order valence-corrected chi connectivity index (χ4v) is 0.297. The van der Waals surface area contributed by atoms with Gasteiger partial charge in [0.15, 0.2) is 0 Å². The number of hydrogen-bond donors (Lipinski definition) is 1. The summed E-state index contributed by atoms with van der Waals surface area (Å²) >= 11 is 0. The number of ether oxygens (including phenoxy) is 1. The summed E-state index contributed by atoms with van der Waals surface area (Å²) < 4.78 is 4.28. The maximum atomic E-state index is 9.57. The second-order valence-electron chi connectivity index (χ2n) is 1.03. The summed E-state index contributed by atoms with van der Waals surface area (Å²) in [7, 11) is 0. The van der Waals surface area contributed by atoms with Gasteiger partial charge in [0.1, 0.15) is 6.20 Å². The first kappa shape index (κ1) is 4.76. The largest absolute Gasteiger partial charge is 0.408 e. The van der Waals surface area contributed by atoms with E-state index in [-0.39, 0.29) is 5.88 Å². The predicted molar refractivity (Wildman–Crippen MR) is 23.1 cm³/mol. The van der Waals surface area contributed by atoms with Crippen LogP contribution in [0.2, 0.25) is 0 Å². The van der Waals surface area contributed by atoms with E-state index in [1.807, 2.05) is 0 Å². The topological polar surface area (TPSA) is 67.9 Å². The summed E-state index contributed by atoms with van der Waals surface area (Å²) in [5.41, 5.74) is 0. The molecule has 42 valence electrons. The molecule has 1 rings (SSSR count). The summed E-state index contributed by atoms with van der Waals surface area (Å²) in [6.07, 6.45) is 1.30. The van der Waals surface area contributed by atoms with Crippen molar-refractivity contribution in [1.82, 2.24) is 15.4 Å². The number of nitrogens with one attached hydrogen (secondary N) is 1.